The molecule has 0 atom stereocenters. The fourth-order valence-electron chi connectivity index (χ4n) is 1.68. The Kier molecular flexibility index (Phi) is 6.35. The van der Waals surface area contributed by atoms with Gasteiger partial charge in [0.15, 0.2) is 0 Å². The molecular formula is C14H18N2O5. The van der Waals surface area contributed by atoms with Gasteiger partial charge < -0.3 is 15.2 Å². The van der Waals surface area contributed by atoms with Crippen molar-refractivity contribution in [2.75, 3.05) is 32.6 Å². The van der Waals surface area contributed by atoms with Crippen molar-refractivity contribution in [1.82, 2.24) is 4.90 Å². The average molecular weight is 294 g/mol. The third kappa shape index (κ3) is 5.62. The summed E-state index contributed by atoms with van der Waals surface area (Å²) >= 11 is 0. The highest BCUT2D eigenvalue weighted by Crippen LogP contribution is 2.15. The number of methoxy groups -OCH3 is 1. The van der Waals surface area contributed by atoms with Crippen LogP contribution in [0.3, 0.4) is 0 Å². The number of carboxylic acids is 1. The second-order valence-electron chi connectivity index (χ2n) is 4.47. The van der Waals surface area contributed by atoms with Gasteiger partial charge in [-0.2, -0.15) is 0 Å². The molecule has 114 valence electrons. The lowest BCUT2D eigenvalue weighted by Crippen LogP contribution is -2.32. The van der Waals surface area contributed by atoms with Crippen LogP contribution < -0.4 is 5.32 Å². The summed E-state index contributed by atoms with van der Waals surface area (Å²) in [4.78, 5) is 35.5. The number of carboxylic acid groups (broad SMARTS) is 1. The molecule has 1 aromatic rings. The fraction of sp³-hybridized carbons (Fsp3) is 0.357. The van der Waals surface area contributed by atoms with Gasteiger partial charge in [-0.15, -0.1) is 0 Å². The van der Waals surface area contributed by atoms with Crippen molar-refractivity contribution in [3.8, 4) is 0 Å². The van der Waals surface area contributed by atoms with Crippen LogP contribution >= 0.6 is 0 Å². The Balaban J connectivity index is 2.63. The van der Waals surface area contributed by atoms with E-state index in [1.165, 1.54) is 7.11 Å². The van der Waals surface area contributed by atoms with Crippen LogP contribution in [0.4, 0.5) is 5.69 Å². The molecule has 0 bridgehead atoms. The molecule has 0 aliphatic heterocycles. The molecule has 0 saturated heterocycles. The van der Waals surface area contributed by atoms with Crippen LogP contribution in [0.2, 0.25) is 0 Å². The number of anilines is 1. The molecule has 7 heteroatoms. The summed E-state index contributed by atoms with van der Waals surface area (Å²) in [7, 11) is 2.91. The summed E-state index contributed by atoms with van der Waals surface area (Å²) < 4.78 is 4.64. The van der Waals surface area contributed by atoms with Crippen LogP contribution in [0.25, 0.3) is 0 Å². The number of carbonyl (C=O) groups is 3. The Bertz CT molecular complexity index is 530. The summed E-state index contributed by atoms with van der Waals surface area (Å²) in [5.74, 6) is -1.79. The molecular weight excluding hydrogens is 276 g/mol. The third-order valence-corrected chi connectivity index (χ3v) is 2.73. The van der Waals surface area contributed by atoms with Crippen LogP contribution in [0.15, 0.2) is 24.3 Å². The first-order valence-electron chi connectivity index (χ1n) is 6.31. The number of benzene rings is 1. The van der Waals surface area contributed by atoms with E-state index in [0.29, 0.717) is 5.69 Å². The first kappa shape index (κ1) is 16.6. The number of aliphatic carboxylic acids is 1. The molecule has 7 nitrogen and oxygen atoms in total. The summed E-state index contributed by atoms with van der Waals surface area (Å²) in [6.45, 7) is 0.296. The number of hydrogen-bond donors (Lipinski definition) is 2. The Hall–Kier alpha value is -2.41. The standard InChI is InChI=1S/C14H18N2O5/c1-16(8-7-13(18)19)9-12(17)15-11-6-4-3-5-10(11)14(20)21-2/h3-6H,7-9H2,1-2H3,(H,15,17)(H,18,19). The summed E-state index contributed by atoms with van der Waals surface area (Å²) in [6, 6.07) is 6.51. The van der Waals surface area contributed by atoms with Crippen LogP contribution in [0.1, 0.15) is 16.8 Å². The number of amides is 1. The monoisotopic (exact) mass is 294 g/mol. The van der Waals surface area contributed by atoms with Crippen molar-refractivity contribution in [1.29, 1.82) is 0 Å². The molecule has 2 N–H and O–H groups in total. The number of carbonyl (C=O) groups excluding carboxylic acids is 2. The maximum Gasteiger partial charge on any atom is 0.339 e. The van der Waals surface area contributed by atoms with E-state index in [1.54, 1.807) is 36.2 Å². The maximum absolute atomic E-state index is 11.9. The van der Waals surface area contributed by atoms with Crippen molar-refractivity contribution in [3.05, 3.63) is 29.8 Å². The van der Waals surface area contributed by atoms with Gasteiger partial charge in [0.05, 0.1) is 31.3 Å². The molecule has 21 heavy (non-hydrogen) atoms. The number of hydrogen-bond acceptors (Lipinski definition) is 5. The summed E-state index contributed by atoms with van der Waals surface area (Å²) in [6.07, 6.45) is -0.0392. The first-order valence-corrected chi connectivity index (χ1v) is 6.31. The van der Waals surface area contributed by atoms with Gasteiger partial charge in [0.25, 0.3) is 0 Å². The smallest absolute Gasteiger partial charge is 0.339 e. The molecule has 0 aliphatic rings. The van der Waals surface area contributed by atoms with Crippen molar-refractivity contribution in [2.45, 2.75) is 6.42 Å². The van der Waals surface area contributed by atoms with Gasteiger partial charge in [-0.3, -0.25) is 14.5 Å². The zero-order valence-corrected chi connectivity index (χ0v) is 12.0. The molecule has 0 fully saturated rings. The highest BCUT2D eigenvalue weighted by Gasteiger charge is 2.14. The topological polar surface area (TPSA) is 95.9 Å². The minimum absolute atomic E-state index is 0.0305. The van der Waals surface area contributed by atoms with Gasteiger partial charge in [-0.05, 0) is 19.2 Å². The second-order valence-corrected chi connectivity index (χ2v) is 4.47. The first-order chi connectivity index (χ1) is 9.93. The molecule has 0 heterocycles. The zero-order chi connectivity index (χ0) is 15.8. The van der Waals surface area contributed by atoms with Crippen molar-refractivity contribution in [3.63, 3.8) is 0 Å². The average Bonchev–Trinajstić information content (AvgIpc) is 2.44. The van der Waals surface area contributed by atoms with Crippen LogP contribution in [0, 0.1) is 0 Å². The molecule has 0 spiro atoms. The molecule has 0 aromatic heterocycles. The minimum atomic E-state index is -0.918. The van der Waals surface area contributed by atoms with Gasteiger partial charge in [0.1, 0.15) is 0 Å². The highest BCUT2D eigenvalue weighted by molar-refractivity contribution is 6.01. The molecule has 1 aromatic carbocycles. The van der Waals surface area contributed by atoms with Crippen molar-refractivity contribution in [2.24, 2.45) is 0 Å². The number of esters is 1. The van der Waals surface area contributed by atoms with E-state index in [-0.39, 0.29) is 31.0 Å². The van der Waals surface area contributed by atoms with E-state index in [1.807, 2.05) is 0 Å². The molecule has 0 unspecified atom stereocenters. The van der Waals surface area contributed by atoms with Gasteiger partial charge in [0, 0.05) is 6.54 Å². The van der Waals surface area contributed by atoms with E-state index < -0.39 is 11.9 Å². The van der Waals surface area contributed by atoms with E-state index >= 15 is 0 Å². The van der Waals surface area contributed by atoms with Crippen LogP contribution in [0.5, 0.6) is 0 Å². The number of ether oxygens (including phenoxy) is 1. The minimum Gasteiger partial charge on any atom is -0.481 e. The lowest BCUT2D eigenvalue weighted by molar-refractivity contribution is -0.137. The molecule has 1 rings (SSSR count). The molecule has 0 saturated carbocycles. The lowest BCUT2D eigenvalue weighted by Gasteiger charge is -2.16. The predicted molar refractivity (Wildman–Crippen MR) is 76.2 cm³/mol. The SMILES string of the molecule is COC(=O)c1ccccc1NC(=O)CN(C)CCC(=O)O. The molecule has 1 amide bonds. The number of likely N-dealkylation sites (N-methyl/N-ethyl adjacent to an activating group) is 1. The number of rotatable bonds is 7. The second kappa shape index (κ2) is 8.01. The lowest BCUT2D eigenvalue weighted by atomic mass is 10.2. The van der Waals surface area contributed by atoms with Gasteiger partial charge in [-0.25, -0.2) is 4.79 Å². The largest absolute Gasteiger partial charge is 0.481 e. The molecule has 0 aliphatic carbocycles. The third-order valence-electron chi connectivity index (χ3n) is 2.73. The van der Waals surface area contributed by atoms with E-state index in [4.69, 9.17) is 5.11 Å². The van der Waals surface area contributed by atoms with E-state index in [0.717, 1.165) is 0 Å². The Morgan fingerprint density at radius 1 is 1.29 bits per heavy atom. The van der Waals surface area contributed by atoms with Crippen molar-refractivity contribution >= 4 is 23.5 Å². The number of nitrogens with one attached hydrogen (secondary N) is 1. The number of nitrogens with zero attached hydrogens (tertiary/aromatic N) is 1. The Labute approximate surface area is 122 Å². The Morgan fingerprint density at radius 2 is 1.95 bits per heavy atom. The van der Waals surface area contributed by atoms with E-state index in [9.17, 15) is 14.4 Å². The van der Waals surface area contributed by atoms with Crippen molar-refractivity contribution < 1.29 is 24.2 Å². The quantitative estimate of drug-likeness (QED) is 0.723. The zero-order valence-electron chi connectivity index (χ0n) is 12.0. The summed E-state index contributed by atoms with van der Waals surface area (Å²) in [5.41, 5.74) is 0.627. The predicted octanol–water partition coefficient (Wildman–Crippen LogP) is 0.818. The maximum atomic E-state index is 11.9. The van der Waals surface area contributed by atoms with Gasteiger partial charge in [0.2, 0.25) is 5.91 Å². The van der Waals surface area contributed by atoms with Crippen LogP contribution in [-0.4, -0.2) is 55.1 Å². The van der Waals surface area contributed by atoms with Gasteiger partial charge >= 0.3 is 11.9 Å². The van der Waals surface area contributed by atoms with Crippen LogP contribution in [-0.2, 0) is 14.3 Å². The summed E-state index contributed by atoms with van der Waals surface area (Å²) in [5, 5.41) is 11.2. The Morgan fingerprint density at radius 3 is 2.57 bits per heavy atom. The fourth-order valence-corrected chi connectivity index (χ4v) is 1.68. The molecule has 0 radical (unpaired) electrons. The highest BCUT2D eigenvalue weighted by atomic mass is 16.5. The van der Waals surface area contributed by atoms with E-state index in [2.05, 4.69) is 10.1 Å². The number of para-hydroxylation sites is 1. The normalized spacial score (nSPS) is 10.2. The van der Waals surface area contributed by atoms with Gasteiger partial charge in [-0.1, -0.05) is 12.1 Å².